The van der Waals surface area contributed by atoms with E-state index in [4.69, 9.17) is 5.11 Å². The zero-order valence-electron chi connectivity index (χ0n) is 13.6. The summed E-state index contributed by atoms with van der Waals surface area (Å²) >= 11 is 0. The van der Waals surface area contributed by atoms with Gasteiger partial charge in [-0.15, -0.1) is 0 Å². The molecule has 0 bridgehead atoms. The third-order valence-electron chi connectivity index (χ3n) is 3.88. The lowest BCUT2D eigenvalue weighted by Crippen LogP contribution is -2.43. The SMILES string of the molecule is CCN(CC)CCCN(CC(C)C(=O)O)C(C)C(C)=O. The maximum atomic E-state index is 11.5. The molecular formula is C15H30N2O3. The van der Waals surface area contributed by atoms with Crippen LogP contribution in [0.15, 0.2) is 0 Å². The molecule has 0 aromatic heterocycles. The molecule has 0 aromatic carbocycles. The van der Waals surface area contributed by atoms with Crippen LogP contribution in [0.5, 0.6) is 0 Å². The minimum absolute atomic E-state index is 0.0884. The van der Waals surface area contributed by atoms with Crippen molar-refractivity contribution < 1.29 is 14.7 Å². The van der Waals surface area contributed by atoms with E-state index in [1.165, 1.54) is 0 Å². The predicted octanol–water partition coefficient (Wildman–Crippen LogP) is 1.72. The summed E-state index contributed by atoms with van der Waals surface area (Å²) in [6, 6.07) is -0.214. The van der Waals surface area contributed by atoms with Gasteiger partial charge in [0.15, 0.2) is 0 Å². The molecule has 118 valence electrons. The Balaban J connectivity index is 4.46. The van der Waals surface area contributed by atoms with Gasteiger partial charge < -0.3 is 10.0 Å². The molecule has 5 nitrogen and oxygen atoms in total. The van der Waals surface area contributed by atoms with Crippen molar-refractivity contribution in [2.45, 2.75) is 47.1 Å². The van der Waals surface area contributed by atoms with Crippen LogP contribution in [0.2, 0.25) is 0 Å². The Bertz CT molecular complexity index is 303. The van der Waals surface area contributed by atoms with Crippen LogP contribution in [-0.4, -0.2) is 65.4 Å². The van der Waals surface area contributed by atoms with Gasteiger partial charge in [0, 0.05) is 13.1 Å². The Morgan fingerprint density at radius 1 is 1.10 bits per heavy atom. The molecule has 0 saturated carbocycles. The first-order chi connectivity index (χ1) is 9.33. The van der Waals surface area contributed by atoms with Crippen molar-refractivity contribution in [3.05, 3.63) is 0 Å². The van der Waals surface area contributed by atoms with Gasteiger partial charge in [-0.05, 0) is 39.9 Å². The van der Waals surface area contributed by atoms with Crippen LogP contribution in [-0.2, 0) is 9.59 Å². The Labute approximate surface area is 122 Å². The molecule has 1 N–H and O–H groups in total. The molecule has 0 radical (unpaired) electrons. The Hall–Kier alpha value is -0.940. The second-order valence-corrected chi connectivity index (χ2v) is 5.40. The van der Waals surface area contributed by atoms with E-state index in [9.17, 15) is 9.59 Å². The average molecular weight is 286 g/mol. The number of carboxylic acids is 1. The summed E-state index contributed by atoms with van der Waals surface area (Å²) in [5.74, 6) is -1.18. The zero-order valence-corrected chi connectivity index (χ0v) is 13.6. The summed E-state index contributed by atoms with van der Waals surface area (Å²) in [5, 5.41) is 9.02. The van der Waals surface area contributed by atoms with Gasteiger partial charge in [-0.2, -0.15) is 0 Å². The van der Waals surface area contributed by atoms with Crippen LogP contribution in [0, 0.1) is 5.92 Å². The lowest BCUT2D eigenvalue weighted by molar-refractivity contribution is -0.142. The molecule has 0 spiro atoms. The first kappa shape index (κ1) is 19.1. The number of hydrogen-bond acceptors (Lipinski definition) is 4. The van der Waals surface area contributed by atoms with E-state index >= 15 is 0 Å². The second kappa shape index (κ2) is 9.88. The normalized spacial score (nSPS) is 14.6. The van der Waals surface area contributed by atoms with Gasteiger partial charge in [0.05, 0.1) is 12.0 Å². The molecular weight excluding hydrogens is 256 g/mol. The Morgan fingerprint density at radius 2 is 1.65 bits per heavy atom. The first-order valence-corrected chi connectivity index (χ1v) is 7.53. The average Bonchev–Trinajstić information content (AvgIpc) is 2.40. The molecule has 0 rings (SSSR count). The van der Waals surface area contributed by atoms with Gasteiger partial charge >= 0.3 is 5.97 Å². The smallest absolute Gasteiger partial charge is 0.307 e. The molecule has 20 heavy (non-hydrogen) atoms. The van der Waals surface area contributed by atoms with Crippen LogP contribution in [0.4, 0.5) is 0 Å². The fraction of sp³-hybridized carbons (Fsp3) is 0.867. The van der Waals surface area contributed by atoms with E-state index in [0.29, 0.717) is 6.54 Å². The number of hydrogen-bond donors (Lipinski definition) is 1. The first-order valence-electron chi connectivity index (χ1n) is 7.53. The van der Waals surface area contributed by atoms with E-state index in [0.717, 1.165) is 32.6 Å². The van der Waals surface area contributed by atoms with Crippen molar-refractivity contribution in [2.24, 2.45) is 5.92 Å². The number of Topliss-reactive ketones (excluding diaryl/α,β-unsaturated/α-hetero) is 1. The summed E-state index contributed by atoms with van der Waals surface area (Å²) < 4.78 is 0. The minimum Gasteiger partial charge on any atom is -0.481 e. The summed E-state index contributed by atoms with van der Waals surface area (Å²) in [4.78, 5) is 26.8. The highest BCUT2D eigenvalue weighted by Crippen LogP contribution is 2.08. The van der Waals surface area contributed by atoms with Crippen molar-refractivity contribution in [1.82, 2.24) is 9.80 Å². The second-order valence-electron chi connectivity index (χ2n) is 5.40. The maximum absolute atomic E-state index is 11.5. The Morgan fingerprint density at radius 3 is 2.05 bits per heavy atom. The van der Waals surface area contributed by atoms with Crippen LogP contribution >= 0.6 is 0 Å². The highest BCUT2D eigenvalue weighted by Gasteiger charge is 2.22. The summed E-state index contributed by atoms with van der Waals surface area (Å²) in [5.41, 5.74) is 0. The van der Waals surface area contributed by atoms with E-state index in [1.54, 1.807) is 13.8 Å². The fourth-order valence-electron chi connectivity index (χ4n) is 2.17. The lowest BCUT2D eigenvalue weighted by Gasteiger charge is -2.29. The number of ketones is 1. The lowest BCUT2D eigenvalue weighted by atomic mass is 10.1. The number of carbonyl (C=O) groups excluding carboxylic acids is 1. The molecule has 0 aliphatic heterocycles. The minimum atomic E-state index is -0.811. The number of rotatable bonds is 11. The molecule has 2 atom stereocenters. The number of nitrogens with zero attached hydrogens (tertiary/aromatic N) is 2. The van der Waals surface area contributed by atoms with Crippen LogP contribution < -0.4 is 0 Å². The molecule has 0 heterocycles. The number of carbonyl (C=O) groups is 2. The van der Waals surface area contributed by atoms with E-state index in [2.05, 4.69) is 18.7 Å². The van der Waals surface area contributed by atoms with Gasteiger partial charge in [-0.1, -0.05) is 20.8 Å². The third kappa shape index (κ3) is 7.01. The zero-order chi connectivity index (χ0) is 15.7. The topological polar surface area (TPSA) is 60.9 Å². The quantitative estimate of drug-likeness (QED) is 0.626. The molecule has 0 saturated heterocycles. The van der Waals surface area contributed by atoms with Gasteiger partial charge in [-0.25, -0.2) is 0 Å². The molecule has 2 unspecified atom stereocenters. The third-order valence-corrected chi connectivity index (χ3v) is 3.88. The number of aliphatic carboxylic acids is 1. The van der Waals surface area contributed by atoms with Crippen molar-refractivity contribution in [3.63, 3.8) is 0 Å². The van der Waals surface area contributed by atoms with E-state index < -0.39 is 11.9 Å². The van der Waals surface area contributed by atoms with Crippen LogP contribution in [0.1, 0.15) is 41.0 Å². The molecule has 0 fully saturated rings. The highest BCUT2D eigenvalue weighted by molar-refractivity contribution is 5.81. The van der Waals surface area contributed by atoms with Gasteiger partial charge in [0.2, 0.25) is 0 Å². The van der Waals surface area contributed by atoms with Crippen molar-refractivity contribution >= 4 is 11.8 Å². The molecule has 0 aliphatic carbocycles. The molecule has 5 heteroatoms. The molecule has 0 aliphatic rings. The fourth-order valence-corrected chi connectivity index (χ4v) is 2.17. The van der Waals surface area contributed by atoms with E-state index in [1.807, 2.05) is 11.8 Å². The van der Waals surface area contributed by atoms with Crippen molar-refractivity contribution in [3.8, 4) is 0 Å². The van der Waals surface area contributed by atoms with Crippen LogP contribution in [0.25, 0.3) is 0 Å². The van der Waals surface area contributed by atoms with Gasteiger partial charge in [-0.3, -0.25) is 14.5 Å². The van der Waals surface area contributed by atoms with Crippen LogP contribution in [0.3, 0.4) is 0 Å². The predicted molar refractivity (Wildman–Crippen MR) is 80.9 cm³/mol. The number of carboxylic acid groups (broad SMARTS) is 1. The van der Waals surface area contributed by atoms with Gasteiger partial charge in [0.25, 0.3) is 0 Å². The van der Waals surface area contributed by atoms with Crippen molar-refractivity contribution in [1.29, 1.82) is 0 Å². The largest absolute Gasteiger partial charge is 0.481 e. The van der Waals surface area contributed by atoms with Crippen molar-refractivity contribution in [2.75, 3.05) is 32.7 Å². The summed E-state index contributed by atoms with van der Waals surface area (Å²) in [6.07, 6.45) is 0.950. The maximum Gasteiger partial charge on any atom is 0.307 e. The Kier molecular flexibility index (Phi) is 9.42. The molecule has 0 aromatic rings. The summed E-state index contributed by atoms with van der Waals surface area (Å²) in [6.45, 7) is 13.6. The van der Waals surface area contributed by atoms with Gasteiger partial charge in [0.1, 0.15) is 5.78 Å². The molecule has 0 amide bonds. The highest BCUT2D eigenvalue weighted by atomic mass is 16.4. The summed E-state index contributed by atoms with van der Waals surface area (Å²) in [7, 11) is 0. The van der Waals surface area contributed by atoms with E-state index in [-0.39, 0.29) is 11.8 Å². The standard InChI is InChI=1S/C15H30N2O3/c1-6-16(7-2)9-8-10-17(13(4)14(5)18)11-12(3)15(19)20/h12-13H,6-11H2,1-5H3,(H,19,20). The monoisotopic (exact) mass is 286 g/mol.